The Kier molecular flexibility index (Phi) is 5.75. The Labute approximate surface area is 172 Å². The maximum Gasteiger partial charge on any atom is 0.410 e. The number of carbonyl (C=O) groups excluding carboxylic acids is 2. The van der Waals surface area contributed by atoms with Crippen molar-refractivity contribution in [2.75, 3.05) is 13.1 Å². The minimum atomic E-state index is -1.94. The molecule has 7 heteroatoms. The fraction of sp³-hybridized carbons (Fsp3) is 0.476. The van der Waals surface area contributed by atoms with Gasteiger partial charge in [0.25, 0.3) is 0 Å². The van der Waals surface area contributed by atoms with Crippen molar-refractivity contribution < 1.29 is 18.7 Å². The van der Waals surface area contributed by atoms with Gasteiger partial charge in [0.15, 0.2) is 11.5 Å². The fourth-order valence-corrected chi connectivity index (χ4v) is 3.60. The van der Waals surface area contributed by atoms with E-state index >= 15 is 4.39 Å². The van der Waals surface area contributed by atoms with Gasteiger partial charge in [-0.3, -0.25) is 9.78 Å². The number of nitrogens with zero attached hydrogens (tertiary/aromatic N) is 2. The highest BCUT2D eigenvalue weighted by atomic mass is 79.9. The molecule has 2 heterocycles. The van der Waals surface area contributed by atoms with Crippen LogP contribution in [-0.4, -0.2) is 46.1 Å². The third-order valence-electron chi connectivity index (χ3n) is 4.79. The third kappa shape index (κ3) is 4.87. The first-order valence-corrected chi connectivity index (χ1v) is 10.1. The van der Waals surface area contributed by atoms with E-state index in [1.54, 1.807) is 27.0 Å². The highest BCUT2D eigenvalue weighted by Crippen LogP contribution is 2.30. The first-order valence-electron chi connectivity index (χ1n) is 9.30. The van der Waals surface area contributed by atoms with Gasteiger partial charge in [0.05, 0.1) is 6.42 Å². The van der Waals surface area contributed by atoms with Gasteiger partial charge in [-0.15, -0.1) is 0 Å². The van der Waals surface area contributed by atoms with Crippen molar-refractivity contribution in [2.24, 2.45) is 0 Å². The molecule has 150 valence electrons. The minimum Gasteiger partial charge on any atom is -0.444 e. The molecule has 0 N–H and O–H groups in total. The number of likely N-dealkylation sites (tertiary alicyclic amines) is 1. The van der Waals surface area contributed by atoms with E-state index in [4.69, 9.17) is 4.74 Å². The molecule has 0 radical (unpaired) electrons. The van der Waals surface area contributed by atoms with Gasteiger partial charge in [-0.05, 0) is 44.4 Å². The summed E-state index contributed by atoms with van der Waals surface area (Å²) in [6, 6.07) is 7.61. The van der Waals surface area contributed by atoms with Gasteiger partial charge in [-0.1, -0.05) is 22.0 Å². The van der Waals surface area contributed by atoms with Crippen LogP contribution in [0.1, 0.15) is 39.3 Å². The summed E-state index contributed by atoms with van der Waals surface area (Å²) in [7, 11) is 0. The van der Waals surface area contributed by atoms with Crippen LogP contribution in [0, 0.1) is 0 Å². The van der Waals surface area contributed by atoms with Crippen molar-refractivity contribution >= 4 is 38.6 Å². The van der Waals surface area contributed by atoms with Crippen LogP contribution in [0.15, 0.2) is 34.9 Å². The van der Waals surface area contributed by atoms with Crippen LogP contribution in [0.2, 0.25) is 0 Å². The van der Waals surface area contributed by atoms with E-state index < -0.39 is 23.1 Å². The maximum absolute atomic E-state index is 15.2. The standard InChI is InChI=1S/C21H24BrFN2O3/c1-20(2,3)28-19(27)25-8-6-21(23,7-9-25)18(26)12-17-11-15-10-16(22)5-4-14(15)13-24-17/h4-5,10-11,13H,6-9,12H2,1-3H3. The van der Waals surface area contributed by atoms with Crippen molar-refractivity contribution in [1.82, 2.24) is 9.88 Å². The van der Waals surface area contributed by atoms with Crippen LogP contribution in [0.25, 0.3) is 10.8 Å². The van der Waals surface area contributed by atoms with Crippen LogP contribution >= 0.6 is 15.9 Å². The third-order valence-corrected chi connectivity index (χ3v) is 5.28. The van der Waals surface area contributed by atoms with Crippen LogP contribution in [0.3, 0.4) is 0 Å². The summed E-state index contributed by atoms with van der Waals surface area (Å²) in [5, 5.41) is 1.90. The predicted molar refractivity (Wildman–Crippen MR) is 109 cm³/mol. The topological polar surface area (TPSA) is 59.5 Å². The number of benzene rings is 1. The van der Waals surface area contributed by atoms with Crippen LogP contribution in [0.5, 0.6) is 0 Å². The monoisotopic (exact) mass is 450 g/mol. The summed E-state index contributed by atoms with van der Waals surface area (Å²) < 4.78 is 21.5. The van der Waals surface area contributed by atoms with E-state index in [0.717, 1.165) is 15.2 Å². The van der Waals surface area contributed by atoms with Gasteiger partial charge in [0.2, 0.25) is 0 Å². The number of hydrogen-bond acceptors (Lipinski definition) is 4. The Bertz CT molecular complexity index is 902. The Hall–Kier alpha value is -2.02. The molecule has 1 aromatic carbocycles. The van der Waals surface area contributed by atoms with Crippen LogP contribution in [-0.2, 0) is 16.0 Å². The van der Waals surface area contributed by atoms with Crippen molar-refractivity contribution in [3.05, 3.63) is 40.6 Å². The number of aromatic nitrogens is 1. The number of halogens is 2. The number of amides is 1. The smallest absolute Gasteiger partial charge is 0.410 e. The number of rotatable bonds is 3. The molecule has 28 heavy (non-hydrogen) atoms. The molecule has 1 amide bonds. The number of fused-ring (bicyclic) bond motifs is 1. The minimum absolute atomic E-state index is 0.0236. The molecule has 1 aromatic heterocycles. The highest BCUT2D eigenvalue weighted by molar-refractivity contribution is 9.10. The number of ketones is 1. The van der Waals surface area contributed by atoms with E-state index in [1.807, 2.05) is 24.3 Å². The zero-order valence-electron chi connectivity index (χ0n) is 16.3. The second-order valence-corrected chi connectivity index (χ2v) is 9.12. The van der Waals surface area contributed by atoms with E-state index in [-0.39, 0.29) is 32.4 Å². The summed E-state index contributed by atoms with van der Waals surface area (Å²) in [4.78, 5) is 30.5. The quantitative estimate of drug-likeness (QED) is 0.670. The average Bonchev–Trinajstić information content (AvgIpc) is 2.60. The van der Waals surface area contributed by atoms with Gasteiger partial charge in [0.1, 0.15) is 5.60 Å². The normalized spacial score (nSPS) is 16.8. The molecule has 1 fully saturated rings. The number of pyridine rings is 1. The summed E-state index contributed by atoms with van der Waals surface area (Å²) in [6.07, 6.45) is 1.11. The molecule has 0 aliphatic carbocycles. The Morgan fingerprint density at radius 3 is 2.54 bits per heavy atom. The zero-order chi connectivity index (χ0) is 20.5. The lowest BCUT2D eigenvalue weighted by molar-refractivity contribution is -0.133. The second kappa shape index (κ2) is 7.78. The van der Waals surface area contributed by atoms with Gasteiger partial charge in [-0.2, -0.15) is 0 Å². The lowest BCUT2D eigenvalue weighted by Gasteiger charge is -2.36. The van der Waals surface area contributed by atoms with Gasteiger partial charge in [-0.25, -0.2) is 9.18 Å². The summed E-state index contributed by atoms with van der Waals surface area (Å²) >= 11 is 3.42. The van der Waals surface area contributed by atoms with Crippen molar-refractivity contribution in [3.63, 3.8) is 0 Å². The number of carbonyl (C=O) groups is 2. The largest absolute Gasteiger partial charge is 0.444 e. The molecule has 5 nitrogen and oxygen atoms in total. The molecular formula is C21H24BrFN2O3. The van der Waals surface area contributed by atoms with Crippen LogP contribution in [0.4, 0.5) is 9.18 Å². The Morgan fingerprint density at radius 2 is 1.89 bits per heavy atom. The Balaban J connectivity index is 1.64. The maximum atomic E-state index is 15.2. The van der Waals surface area contributed by atoms with Crippen molar-refractivity contribution in [2.45, 2.75) is 51.3 Å². The van der Waals surface area contributed by atoms with E-state index in [1.165, 1.54) is 4.90 Å². The summed E-state index contributed by atoms with van der Waals surface area (Å²) in [5.74, 6) is -0.488. The highest BCUT2D eigenvalue weighted by Gasteiger charge is 2.42. The number of ether oxygens (including phenoxy) is 1. The molecule has 0 unspecified atom stereocenters. The molecule has 3 rings (SSSR count). The van der Waals surface area contributed by atoms with Gasteiger partial charge < -0.3 is 9.64 Å². The molecular weight excluding hydrogens is 427 g/mol. The molecule has 1 aliphatic rings. The van der Waals surface area contributed by atoms with Crippen LogP contribution < -0.4 is 0 Å². The lowest BCUT2D eigenvalue weighted by Crippen LogP contribution is -2.49. The average molecular weight is 451 g/mol. The first kappa shape index (κ1) is 20.7. The summed E-state index contributed by atoms with van der Waals surface area (Å²) in [6.45, 7) is 5.68. The number of hydrogen-bond donors (Lipinski definition) is 0. The predicted octanol–water partition coefficient (Wildman–Crippen LogP) is 4.85. The molecule has 2 aromatic rings. The molecule has 0 saturated carbocycles. The first-order chi connectivity index (χ1) is 13.1. The second-order valence-electron chi connectivity index (χ2n) is 8.20. The van der Waals surface area contributed by atoms with Crippen molar-refractivity contribution in [1.29, 1.82) is 0 Å². The number of piperidine rings is 1. The molecule has 0 bridgehead atoms. The molecule has 0 atom stereocenters. The molecule has 1 saturated heterocycles. The lowest BCUT2D eigenvalue weighted by atomic mass is 9.87. The molecule has 1 aliphatic heterocycles. The van der Waals surface area contributed by atoms with E-state index in [2.05, 4.69) is 20.9 Å². The Morgan fingerprint density at radius 1 is 1.21 bits per heavy atom. The van der Waals surface area contributed by atoms with Crippen molar-refractivity contribution in [3.8, 4) is 0 Å². The zero-order valence-corrected chi connectivity index (χ0v) is 17.9. The SMILES string of the molecule is CC(C)(C)OC(=O)N1CCC(F)(C(=O)Cc2cc3cc(Br)ccc3cn2)CC1. The number of Topliss-reactive ketones (excluding diaryl/α,β-unsaturated/α-hetero) is 1. The number of alkyl halides is 1. The van der Waals surface area contributed by atoms with Gasteiger partial charge in [0, 0.05) is 47.7 Å². The summed E-state index contributed by atoms with van der Waals surface area (Å²) in [5.41, 5.74) is -2.00. The van der Waals surface area contributed by atoms with Gasteiger partial charge >= 0.3 is 6.09 Å². The fourth-order valence-electron chi connectivity index (χ4n) is 3.23. The van der Waals surface area contributed by atoms with E-state index in [9.17, 15) is 9.59 Å². The molecule has 0 spiro atoms. The van der Waals surface area contributed by atoms with E-state index in [0.29, 0.717) is 5.69 Å².